The fourth-order valence-corrected chi connectivity index (χ4v) is 4.34. The van der Waals surface area contributed by atoms with E-state index in [-0.39, 0.29) is 12.5 Å². The van der Waals surface area contributed by atoms with Crippen molar-refractivity contribution in [1.29, 1.82) is 0 Å². The van der Waals surface area contributed by atoms with Gasteiger partial charge in [0.2, 0.25) is 0 Å². The standard InChI is InChI=1S/C18H24N6O3S/c19-18-23-14-1-2-24(7-16(14)28-18)6-13(25)5-20-17(26)15-4-12(21-10-22-15)3-11-8-27-9-11/h4,10-11,13,25H,1-3,5-9H2,(H2,19,23)(H,20,26)/t13-/m0/s1. The van der Waals surface area contributed by atoms with Crippen molar-refractivity contribution in [2.75, 3.05) is 38.6 Å². The van der Waals surface area contributed by atoms with Gasteiger partial charge < -0.3 is 20.9 Å². The van der Waals surface area contributed by atoms with Gasteiger partial charge in [0.25, 0.3) is 5.91 Å². The maximum absolute atomic E-state index is 12.4. The number of hydrogen-bond donors (Lipinski definition) is 3. The summed E-state index contributed by atoms with van der Waals surface area (Å²) in [5.41, 5.74) is 7.98. The predicted molar refractivity (Wildman–Crippen MR) is 104 cm³/mol. The van der Waals surface area contributed by atoms with Crippen LogP contribution in [0.15, 0.2) is 12.4 Å². The quantitative estimate of drug-likeness (QED) is 0.582. The molecule has 2 aromatic heterocycles. The van der Waals surface area contributed by atoms with E-state index in [0.717, 1.165) is 55.4 Å². The van der Waals surface area contributed by atoms with Gasteiger partial charge in [0.1, 0.15) is 12.0 Å². The van der Waals surface area contributed by atoms with Crippen LogP contribution in [0, 0.1) is 5.92 Å². The van der Waals surface area contributed by atoms with E-state index in [1.54, 1.807) is 6.07 Å². The number of aliphatic hydroxyl groups excluding tert-OH is 1. The number of anilines is 1. The Morgan fingerprint density at radius 2 is 2.32 bits per heavy atom. The number of hydrogen-bond acceptors (Lipinski definition) is 9. The van der Waals surface area contributed by atoms with Gasteiger partial charge in [-0.3, -0.25) is 9.69 Å². The minimum Gasteiger partial charge on any atom is -0.390 e. The first kappa shape index (κ1) is 19.2. The van der Waals surface area contributed by atoms with E-state index < -0.39 is 6.10 Å². The summed E-state index contributed by atoms with van der Waals surface area (Å²) >= 11 is 1.50. The van der Waals surface area contributed by atoms with Gasteiger partial charge in [-0.25, -0.2) is 15.0 Å². The van der Waals surface area contributed by atoms with Crippen molar-refractivity contribution in [2.24, 2.45) is 5.92 Å². The number of nitrogen functional groups attached to an aromatic ring is 1. The highest BCUT2D eigenvalue weighted by atomic mass is 32.1. The van der Waals surface area contributed by atoms with Crippen LogP contribution in [0.5, 0.6) is 0 Å². The van der Waals surface area contributed by atoms with Crippen molar-refractivity contribution in [3.05, 3.63) is 34.4 Å². The molecule has 0 unspecified atom stereocenters. The predicted octanol–water partition coefficient (Wildman–Crippen LogP) is -0.147. The van der Waals surface area contributed by atoms with Gasteiger partial charge >= 0.3 is 0 Å². The molecule has 1 atom stereocenters. The monoisotopic (exact) mass is 404 g/mol. The summed E-state index contributed by atoms with van der Waals surface area (Å²) in [5.74, 6) is 0.162. The number of rotatable bonds is 7. The number of nitrogens with zero attached hydrogens (tertiary/aromatic N) is 4. The third kappa shape index (κ3) is 4.64. The highest BCUT2D eigenvalue weighted by Gasteiger charge is 2.23. The Bertz CT molecular complexity index is 840. The molecule has 0 aliphatic carbocycles. The van der Waals surface area contributed by atoms with Crippen molar-refractivity contribution in [2.45, 2.75) is 25.5 Å². The van der Waals surface area contributed by atoms with Crippen molar-refractivity contribution in [1.82, 2.24) is 25.2 Å². The molecule has 0 radical (unpaired) electrons. The maximum Gasteiger partial charge on any atom is 0.270 e. The Labute approximate surface area is 167 Å². The van der Waals surface area contributed by atoms with Gasteiger partial charge in [-0.15, -0.1) is 11.3 Å². The number of nitrogens with one attached hydrogen (secondary N) is 1. The fourth-order valence-electron chi connectivity index (χ4n) is 3.42. The van der Waals surface area contributed by atoms with E-state index in [1.807, 2.05) is 0 Å². The second-order valence-corrected chi connectivity index (χ2v) is 8.39. The van der Waals surface area contributed by atoms with E-state index >= 15 is 0 Å². The molecule has 9 nitrogen and oxygen atoms in total. The Morgan fingerprint density at radius 3 is 3.11 bits per heavy atom. The zero-order valence-corrected chi connectivity index (χ0v) is 16.3. The second-order valence-electron chi connectivity index (χ2n) is 7.27. The van der Waals surface area contributed by atoms with E-state index in [2.05, 4.69) is 25.2 Å². The van der Waals surface area contributed by atoms with E-state index in [4.69, 9.17) is 10.5 Å². The molecule has 1 amide bonds. The molecule has 0 spiro atoms. The molecular weight excluding hydrogens is 380 g/mol. The highest BCUT2D eigenvalue weighted by molar-refractivity contribution is 7.15. The van der Waals surface area contributed by atoms with Gasteiger partial charge in [0, 0.05) is 49.1 Å². The maximum atomic E-state index is 12.4. The molecule has 2 aromatic rings. The summed E-state index contributed by atoms with van der Waals surface area (Å²) in [4.78, 5) is 28.3. The number of amides is 1. The molecule has 0 aromatic carbocycles. The minimum absolute atomic E-state index is 0.169. The molecule has 4 heterocycles. The minimum atomic E-state index is -0.663. The van der Waals surface area contributed by atoms with E-state index in [9.17, 15) is 9.90 Å². The van der Waals surface area contributed by atoms with E-state index in [1.165, 1.54) is 17.7 Å². The lowest BCUT2D eigenvalue weighted by molar-refractivity contribution is -0.0316. The number of carbonyl (C=O) groups excluding carboxylic acids is 1. The number of β-amino-alcohol motifs (C(OH)–C–C–N with tert-alkyl or cyclic N) is 1. The van der Waals surface area contributed by atoms with Gasteiger partial charge in [0.05, 0.1) is 25.0 Å². The van der Waals surface area contributed by atoms with Gasteiger partial charge in [-0.05, 0) is 12.5 Å². The number of nitrogens with two attached hydrogens (primary N) is 1. The van der Waals surface area contributed by atoms with Crippen LogP contribution < -0.4 is 11.1 Å². The first-order valence-corrected chi connectivity index (χ1v) is 10.2. The lowest BCUT2D eigenvalue weighted by Crippen LogP contribution is -2.42. The van der Waals surface area contributed by atoms with Crippen LogP contribution in [-0.4, -0.2) is 69.8 Å². The van der Waals surface area contributed by atoms with Crippen LogP contribution in [0.1, 0.15) is 26.8 Å². The fraction of sp³-hybridized carbons (Fsp3) is 0.556. The van der Waals surface area contributed by atoms with Crippen LogP contribution in [-0.2, 0) is 24.1 Å². The molecule has 2 aliphatic heterocycles. The zero-order chi connectivity index (χ0) is 19.5. The summed E-state index contributed by atoms with van der Waals surface area (Å²) < 4.78 is 5.17. The Kier molecular flexibility index (Phi) is 5.81. The molecule has 1 fully saturated rings. The topological polar surface area (TPSA) is 126 Å². The summed E-state index contributed by atoms with van der Waals surface area (Å²) in [6, 6.07) is 1.71. The number of ether oxygens (including phenoxy) is 1. The molecular formula is C18H24N6O3S. The normalized spacial score (nSPS) is 18.3. The average molecular weight is 404 g/mol. The van der Waals surface area contributed by atoms with Gasteiger partial charge in [-0.1, -0.05) is 0 Å². The molecule has 4 rings (SSSR count). The lowest BCUT2D eigenvalue weighted by Gasteiger charge is -2.28. The summed E-state index contributed by atoms with van der Waals surface area (Å²) in [7, 11) is 0. The van der Waals surface area contributed by atoms with Crippen LogP contribution >= 0.6 is 11.3 Å². The van der Waals surface area contributed by atoms with Crippen LogP contribution in [0.4, 0.5) is 5.13 Å². The van der Waals surface area contributed by atoms with E-state index in [0.29, 0.717) is 23.3 Å². The first-order valence-electron chi connectivity index (χ1n) is 9.38. The van der Waals surface area contributed by atoms with Crippen molar-refractivity contribution in [3.8, 4) is 0 Å². The van der Waals surface area contributed by atoms with Crippen molar-refractivity contribution < 1.29 is 14.6 Å². The van der Waals surface area contributed by atoms with Gasteiger partial charge in [0.15, 0.2) is 5.13 Å². The smallest absolute Gasteiger partial charge is 0.270 e. The molecule has 2 aliphatic rings. The number of fused-ring (bicyclic) bond motifs is 1. The zero-order valence-electron chi connectivity index (χ0n) is 15.5. The molecule has 10 heteroatoms. The number of aliphatic hydroxyl groups is 1. The summed E-state index contributed by atoms with van der Waals surface area (Å²) in [6.07, 6.45) is 2.36. The van der Waals surface area contributed by atoms with Gasteiger partial charge in [-0.2, -0.15) is 0 Å². The number of carbonyl (C=O) groups is 1. The molecule has 0 bridgehead atoms. The Balaban J connectivity index is 1.25. The highest BCUT2D eigenvalue weighted by Crippen LogP contribution is 2.26. The van der Waals surface area contributed by atoms with Crippen LogP contribution in [0.3, 0.4) is 0 Å². The van der Waals surface area contributed by atoms with Crippen LogP contribution in [0.25, 0.3) is 0 Å². The van der Waals surface area contributed by atoms with Crippen molar-refractivity contribution in [3.63, 3.8) is 0 Å². The summed E-state index contributed by atoms with van der Waals surface area (Å²) in [6.45, 7) is 3.68. The SMILES string of the molecule is Nc1nc2c(s1)CN(C[C@@H](O)CNC(=O)c1cc(CC3COC3)ncn1)CC2. The Hall–Kier alpha value is -2.14. The lowest BCUT2D eigenvalue weighted by atomic mass is 10.0. The second kappa shape index (κ2) is 8.48. The summed E-state index contributed by atoms with van der Waals surface area (Å²) in [5, 5.41) is 13.7. The number of aromatic nitrogens is 3. The first-order chi connectivity index (χ1) is 13.6. The molecule has 0 saturated carbocycles. The molecule has 150 valence electrons. The Morgan fingerprint density at radius 1 is 1.46 bits per heavy atom. The van der Waals surface area contributed by atoms with Crippen LogP contribution in [0.2, 0.25) is 0 Å². The molecule has 28 heavy (non-hydrogen) atoms. The third-order valence-electron chi connectivity index (χ3n) is 4.96. The largest absolute Gasteiger partial charge is 0.390 e. The molecule has 4 N–H and O–H groups in total. The number of thiazole rings is 1. The van der Waals surface area contributed by atoms with Crippen molar-refractivity contribution >= 4 is 22.4 Å². The third-order valence-corrected chi connectivity index (χ3v) is 5.87. The molecule has 1 saturated heterocycles. The average Bonchev–Trinajstić information content (AvgIpc) is 3.02.